The lowest BCUT2D eigenvalue weighted by Gasteiger charge is -2.34. The molecule has 3 aliphatic rings. The smallest absolute Gasteiger partial charge is 0.259 e. The first-order valence-corrected chi connectivity index (χ1v) is 9.84. The van der Waals surface area contributed by atoms with E-state index in [4.69, 9.17) is 15.2 Å². The van der Waals surface area contributed by atoms with Gasteiger partial charge in [-0.25, -0.2) is 0 Å². The Morgan fingerprint density at radius 1 is 1.37 bits per heavy atom. The Hall–Kier alpha value is -3.57. The van der Waals surface area contributed by atoms with Crippen LogP contribution in [0.1, 0.15) is 29.7 Å². The molecule has 3 N–H and O–H groups in total. The highest BCUT2D eigenvalue weighted by Gasteiger charge is 2.58. The van der Waals surface area contributed by atoms with E-state index < -0.39 is 11.3 Å². The molecule has 2 aromatic rings. The Kier molecular flexibility index (Phi) is 3.98. The number of nitrogens with one attached hydrogen (secondary N) is 1. The molecule has 1 aromatic carbocycles. The van der Waals surface area contributed by atoms with E-state index in [1.54, 1.807) is 41.8 Å². The van der Waals surface area contributed by atoms with Crippen molar-refractivity contribution in [3.05, 3.63) is 69.0 Å². The highest BCUT2D eigenvalue weighted by Crippen LogP contribution is 2.51. The van der Waals surface area contributed by atoms with Crippen molar-refractivity contribution in [2.75, 3.05) is 11.9 Å². The van der Waals surface area contributed by atoms with E-state index in [1.807, 2.05) is 6.07 Å². The number of fused-ring (bicyclic) bond motifs is 4. The largest absolute Gasteiger partial charge is 0.440 e. The van der Waals surface area contributed by atoms with Crippen molar-refractivity contribution in [2.45, 2.75) is 37.8 Å². The predicted octanol–water partition coefficient (Wildman–Crippen LogP) is 1.66. The maximum atomic E-state index is 13.8. The number of nitrogens with two attached hydrogens (primary N) is 1. The number of anilines is 1. The lowest BCUT2D eigenvalue weighted by atomic mass is 9.69. The highest BCUT2D eigenvalue weighted by molar-refractivity contribution is 6.12. The second-order valence-electron chi connectivity index (χ2n) is 7.78. The number of carbonyl (C=O) groups excluding carboxylic acids is 1. The molecule has 0 bridgehead atoms. The maximum absolute atomic E-state index is 13.8. The predicted molar refractivity (Wildman–Crippen MR) is 108 cm³/mol. The number of aromatic nitrogens is 1. The molecule has 2 atom stereocenters. The average Bonchev–Trinajstić information content (AvgIpc) is 3.32. The van der Waals surface area contributed by atoms with Crippen LogP contribution < -0.4 is 21.3 Å². The van der Waals surface area contributed by atoms with Gasteiger partial charge in [-0.1, -0.05) is 18.2 Å². The van der Waals surface area contributed by atoms with Crippen LogP contribution in [-0.4, -0.2) is 23.2 Å². The summed E-state index contributed by atoms with van der Waals surface area (Å²) >= 11 is 0. The first-order valence-electron chi connectivity index (χ1n) is 9.84. The van der Waals surface area contributed by atoms with Gasteiger partial charge in [0.2, 0.25) is 11.8 Å². The third-order valence-electron chi connectivity index (χ3n) is 6.13. The van der Waals surface area contributed by atoms with Crippen molar-refractivity contribution in [1.29, 1.82) is 5.26 Å². The molecule has 3 aliphatic heterocycles. The van der Waals surface area contributed by atoms with Gasteiger partial charge >= 0.3 is 0 Å². The summed E-state index contributed by atoms with van der Waals surface area (Å²) in [6, 6.07) is 10.7. The number of nitrogens with zero attached hydrogens (tertiary/aromatic N) is 2. The molecular formula is C22H20N4O4. The fourth-order valence-electron chi connectivity index (χ4n) is 4.76. The molecule has 1 amide bonds. The van der Waals surface area contributed by atoms with Gasteiger partial charge in [-0.15, -0.1) is 0 Å². The Bertz CT molecular complexity index is 1220. The molecule has 8 heteroatoms. The number of aryl methyl sites for hydroxylation is 1. The van der Waals surface area contributed by atoms with Gasteiger partial charge in [0, 0.05) is 29.6 Å². The number of para-hydroxylation sites is 1. The second kappa shape index (κ2) is 6.47. The zero-order valence-electron chi connectivity index (χ0n) is 16.4. The minimum absolute atomic E-state index is 0.0688. The van der Waals surface area contributed by atoms with E-state index in [1.165, 1.54) is 0 Å². The van der Waals surface area contributed by atoms with Crippen LogP contribution >= 0.6 is 0 Å². The van der Waals surface area contributed by atoms with Crippen LogP contribution in [-0.2, 0) is 21.5 Å². The minimum Gasteiger partial charge on any atom is -0.440 e. The maximum Gasteiger partial charge on any atom is 0.259 e. The normalized spacial score (nSPS) is 24.3. The Balaban J connectivity index is 1.83. The van der Waals surface area contributed by atoms with Crippen molar-refractivity contribution in [1.82, 2.24) is 4.57 Å². The van der Waals surface area contributed by atoms with Crippen LogP contribution in [0.15, 0.2) is 46.6 Å². The Labute approximate surface area is 172 Å². The molecule has 0 unspecified atom stereocenters. The number of nitriles is 1. The zero-order chi connectivity index (χ0) is 21.0. The van der Waals surface area contributed by atoms with Gasteiger partial charge in [0.05, 0.1) is 18.2 Å². The van der Waals surface area contributed by atoms with Crippen LogP contribution in [0.2, 0.25) is 0 Å². The van der Waals surface area contributed by atoms with Crippen LogP contribution in [0.5, 0.6) is 5.75 Å². The summed E-state index contributed by atoms with van der Waals surface area (Å²) in [4.78, 5) is 27.2. The SMILES string of the molecule is Cc1cc2c(c(=O)n1C[C@@H]1CCCO1)[C@@]1(C(=O)Nc3ccccc31)C(C#N)=C(N)O2. The molecule has 4 heterocycles. The van der Waals surface area contributed by atoms with Crippen molar-refractivity contribution in [3.63, 3.8) is 0 Å². The number of benzene rings is 1. The second-order valence-corrected chi connectivity index (χ2v) is 7.78. The minimum atomic E-state index is -1.65. The van der Waals surface area contributed by atoms with Gasteiger partial charge in [0.1, 0.15) is 17.4 Å². The molecule has 1 saturated heterocycles. The molecule has 30 heavy (non-hydrogen) atoms. The van der Waals surface area contributed by atoms with Gasteiger partial charge in [-0.05, 0) is 25.8 Å². The average molecular weight is 404 g/mol. The van der Waals surface area contributed by atoms with Gasteiger partial charge < -0.3 is 25.1 Å². The molecule has 1 fully saturated rings. The fourth-order valence-corrected chi connectivity index (χ4v) is 4.76. The van der Waals surface area contributed by atoms with E-state index in [-0.39, 0.29) is 34.4 Å². The number of carbonyl (C=O) groups is 1. The molecule has 0 radical (unpaired) electrons. The van der Waals surface area contributed by atoms with Gasteiger partial charge in [0.15, 0.2) is 5.41 Å². The third-order valence-corrected chi connectivity index (χ3v) is 6.13. The van der Waals surface area contributed by atoms with Gasteiger partial charge in [-0.2, -0.15) is 5.26 Å². The summed E-state index contributed by atoms with van der Waals surface area (Å²) < 4.78 is 13.0. The summed E-state index contributed by atoms with van der Waals surface area (Å²) in [7, 11) is 0. The third kappa shape index (κ3) is 2.30. The van der Waals surface area contributed by atoms with E-state index in [9.17, 15) is 14.9 Å². The van der Waals surface area contributed by atoms with E-state index in [2.05, 4.69) is 5.32 Å². The molecule has 1 spiro atoms. The van der Waals surface area contributed by atoms with Gasteiger partial charge in [0.25, 0.3) is 5.56 Å². The van der Waals surface area contributed by atoms with Crippen LogP contribution in [0.4, 0.5) is 5.69 Å². The van der Waals surface area contributed by atoms with Crippen molar-refractivity contribution >= 4 is 11.6 Å². The molecule has 0 saturated carbocycles. The first kappa shape index (κ1) is 18.5. The molecule has 5 rings (SSSR count). The topological polar surface area (TPSA) is 119 Å². The number of rotatable bonds is 2. The fraction of sp³-hybridized carbons (Fsp3) is 0.318. The number of hydrogen-bond acceptors (Lipinski definition) is 6. The number of hydrogen-bond donors (Lipinski definition) is 2. The van der Waals surface area contributed by atoms with Crippen molar-refractivity contribution < 1.29 is 14.3 Å². The van der Waals surface area contributed by atoms with E-state index in [0.29, 0.717) is 30.1 Å². The highest BCUT2D eigenvalue weighted by atomic mass is 16.5. The molecule has 0 aliphatic carbocycles. The lowest BCUT2D eigenvalue weighted by Crippen LogP contribution is -2.48. The van der Waals surface area contributed by atoms with Crippen LogP contribution in [0.3, 0.4) is 0 Å². The molecule has 1 aromatic heterocycles. The first-order chi connectivity index (χ1) is 14.5. The van der Waals surface area contributed by atoms with E-state index in [0.717, 1.165) is 12.8 Å². The summed E-state index contributed by atoms with van der Waals surface area (Å²) in [6.07, 6.45) is 1.74. The Morgan fingerprint density at radius 3 is 2.90 bits per heavy atom. The summed E-state index contributed by atoms with van der Waals surface area (Å²) in [5, 5.41) is 12.7. The summed E-state index contributed by atoms with van der Waals surface area (Å²) in [6.45, 7) is 2.84. The zero-order valence-corrected chi connectivity index (χ0v) is 16.4. The lowest BCUT2D eigenvalue weighted by molar-refractivity contribution is -0.118. The van der Waals surface area contributed by atoms with Crippen molar-refractivity contribution in [3.8, 4) is 11.8 Å². The molecule has 8 nitrogen and oxygen atoms in total. The molecule has 152 valence electrons. The van der Waals surface area contributed by atoms with Crippen LogP contribution in [0, 0.1) is 18.3 Å². The van der Waals surface area contributed by atoms with Crippen molar-refractivity contribution in [2.24, 2.45) is 5.73 Å². The molecular weight excluding hydrogens is 384 g/mol. The monoisotopic (exact) mass is 404 g/mol. The number of pyridine rings is 1. The number of amides is 1. The number of ether oxygens (including phenoxy) is 2. The van der Waals surface area contributed by atoms with E-state index >= 15 is 0 Å². The quantitative estimate of drug-likeness (QED) is 0.786. The summed E-state index contributed by atoms with van der Waals surface area (Å²) in [5.41, 5.74) is 5.81. The van der Waals surface area contributed by atoms with Crippen LogP contribution in [0.25, 0.3) is 0 Å². The Morgan fingerprint density at radius 2 is 2.17 bits per heavy atom. The van der Waals surface area contributed by atoms with Gasteiger partial charge in [-0.3, -0.25) is 9.59 Å². The summed E-state index contributed by atoms with van der Waals surface area (Å²) in [5.74, 6) is -0.464. The standard InChI is InChI=1S/C22H20N4O4/c1-12-9-17-18(20(27)26(12)11-13-5-4-8-29-13)22(15(10-23)19(24)30-17)14-6-2-3-7-16(14)25-21(22)28/h2-3,6-7,9,13H,4-5,8,11,24H2,1H3,(H,25,28)/t13-,22-/m0/s1.